The van der Waals surface area contributed by atoms with Crippen LogP contribution in [0, 0.1) is 12.8 Å². The van der Waals surface area contributed by atoms with Crippen LogP contribution in [0.25, 0.3) is 0 Å². The van der Waals surface area contributed by atoms with Gasteiger partial charge >= 0.3 is 5.97 Å². The zero-order chi connectivity index (χ0) is 14.6. The molecular weight excluding hydrogens is 246 g/mol. The molecule has 0 radical (unpaired) electrons. The highest BCUT2D eigenvalue weighted by Gasteiger charge is 2.22. The first-order valence-electron chi connectivity index (χ1n) is 6.15. The molecule has 5 nitrogen and oxygen atoms in total. The van der Waals surface area contributed by atoms with Gasteiger partial charge in [0.05, 0.1) is 0 Å². The molecule has 0 unspecified atom stereocenters. The van der Waals surface area contributed by atoms with Gasteiger partial charge < -0.3 is 15.5 Å². The summed E-state index contributed by atoms with van der Waals surface area (Å²) in [5, 5.41) is 21.1. The molecule has 1 amide bonds. The minimum absolute atomic E-state index is 0.0170. The van der Waals surface area contributed by atoms with Crippen molar-refractivity contribution in [2.75, 3.05) is 0 Å². The van der Waals surface area contributed by atoms with Crippen molar-refractivity contribution in [2.24, 2.45) is 5.92 Å². The molecule has 0 bridgehead atoms. The Balaban J connectivity index is 2.88. The molecule has 3 N–H and O–H groups in total. The van der Waals surface area contributed by atoms with Gasteiger partial charge in [-0.2, -0.15) is 0 Å². The van der Waals surface area contributed by atoms with Crippen LogP contribution in [0.3, 0.4) is 0 Å². The van der Waals surface area contributed by atoms with Crippen molar-refractivity contribution in [3.05, 3.63) is 29.3 Å². The first-order chi connectivity index (χ1) is 8.82. The SMILES string of the molecule is Cc1c(O)cccc1C(=O)N[C@H](CC(C)C)C(=O)O. The third-order valence-corrected chi connectivity index (χ3v) is 2.86. The summed E-state index contributed by atoms with van der Waals surface area (Å²) in [6.45, 7) is 5.39. The van der Waals surface area contributed by atoms with E-state index in [0.717, 1.165) is 0 Å². The quantitative estimate of drug-likeness (QED) is 0.759. The van der Waals surface area contributed by atoms with Crippen LogP contribution >= 0.6 is 0 Å². The lowest BCUT2D eigenvalue weighted by Gasteiger charge is -2.17. The highest BCUT2D eigenvalue weighted by molar-refractivity contribution is 5.98. The van der Waals surface area contributed by atoms with Crippen LogP contribution in [-0.2, 0) is 4.79 Å². The van der Waals surface area contributed by atoms with Gasteiger partial charge in [-0.3, -0.25) is 4.79 Å². The molecule has 1 aromatic carbocycles. The maximum absolute atomic E-state index is 12.0. The maximum Gasteiger partial charge on any atom is 0.326 e. The van der Waals surface area contributed by atoms with Crippen molar-refractivity contribution in [2.45, 2.75) is 33.2 Å². The van der Waals surface area contributed by atoms with Gasteiger partial charge in [0, 0.05) is 11.1 Å². The highest BCUT2D eigenvalue weighted by atomic mass is 16.4. The van der Waals surface area contributed by atoms with Crippen LogP contribution in [0.1, 0.15) is 36.2 Å². The molecule has 1 rings (SSSR count). The van der Waals surface area contributed by atoms with Gasteiger partial charge in [0.25, 0.3) is 5.91 Å². The van der Waals surface area contributed by atoms with E-state index in [-0.39, 0.29) is 17.2 Å². The number of carboxylic acids is 1. The van der Waals surface area contributed by atoms with E-state index in [1.807, 2.05) is 13.8 Å². The largest absolute Gasteiger partial charge is 0.508 e. The molecule has 0 aliphatic carbocycles. The Hall–Kier alpha value is -2.04. The number of rotatable bonds is 5. The molecule has 0 aliphatic rings. The minimum atomic E-state index is -1.06. The zero-order valence-corrected chi connectivity index (χ0v) is 11.3. The standard InChI is InChI=1S/C14H19NO4/c1-8(2)7-11(14(18)19)15-13(17)10-5-4-6-12(16)9(10)3/h4-6,8,11,16H,7H2,1-3H3,(H,15,17)(H,18,19)/t11-/m1/s1. The van der Waals surface area contributed by atoms with Gasteiger partial charge in [-0.15, -0.1) is 0 Å². The Bertz CT molecular complexity index is 482. The number of aliphatic carboxylic acids is 1. The van der Waals surface area contributed by atoms with Gasteiger partial charge in [0.1, 0.15) is 11.8 Å². The number of benzene rings is 1. The molecule has 1 aromatic rings. The Morgan fingerprint density at radius 1 is 1.32 bits per heavy atom. The van der Waals surface area contributed by atoms with Crippen LogP contribution in [0.15, 0.2) is 18.2 Å². The molecule has 0 heterocycles. The van der Waals surface area contributed by atoms with Gasteiger partial charge in [-0.1, -0.05) is 19.9 Å². The van der Waals surface area contributed by atoms with Crippen molar-refractivity contribution in [1.29, 1.82) is 0 Å². The average molecular weight is 265 g/mol. The third kappa shape index (κ3) is 3.98. The maximum atomic E-state index is 12.0. The number of phenolic OH excluding ortho intramolecular Hbond substituents is 1. The van der Waals surface area contributed by atoms with E-state index in [9.17, 15) is 14.7 Å². The summed E-state index contributed by atoms with van der Waals surface area (Å²) in [5.41, 5.74) is 0.726. The highest BCUT2D eigenvalue weighted by Crippen LogP contribution is 2.19. The number of hydrogen-bond acceptors (Lipinski definition) is 3. The van der Waals surface area contributed by atoms with E-state index in [1.165, 1.54) is 6.07 Å². The van der Waals surface area contributed by atoms with Crippen molar-refractivity contribution in [1.82, 2.24) is 5.32 Å². The number of amides is 1. The normalized spacial score (nSPS) is 12.2. The monoisotopic (exact) mass is 265 g/mol. The lowest BCUT2D eigenvalue weighted by atomic mass is 10.0. The molecule has 0 saturated heterocycles. The number of carbonyl (C=O) groups is 2. The molecule has 0 saturated carbocycles. The number of phenols is 1. The Labute approximate surface area is 112 Å². The van der Waals surface area contributed by atoms with E-state index in [2.05, 4.69) is 5.32 Å². The summed E-state index contributed by atoms with van der Waals surface area (Å²) < 4.78 is 0. The zero-order valence-electron chi connectivity index (χ0n) is 11.3. The van der Waals surface area contributed by atoms with Crippen molar-refractivity contribution in [3.63, 3.8) is 0 Å². The van der Waals surface area contributed by atoms with Crippen LogP contribution in [-0.4, -0.2) is 28.1 Å². The Morgan fingerprint density at radius 2 is 1.95 bits per heavy atom. The predicted octanol–water partition coefficient (Wildman–Crippen LogP) is 1.93. The molecule has 5 heteroatoms. The summed E-state index contributed by atoms with van der Waals surface area (Å²) in [4.78, 5) is 23.1. The molecular formula is C14H19NO4. The van der Waals surface area contributed by atoms with Crippen molar-refractivity contribution < 1.29 is 19.8 Å². The smallest absolute Gasteiger partial charge is 0.326 e. The topological polar surface area (TPSA) is 86.6 Å². The van der Waals surface area contributed by atoms with Gasteiger partial charge in [0.2, 0.25) is 0 Å². The van der Waals surface area contributed by atoms with E-state index < -0.39 is 17.9 Å². The predicted molar refractivity (Wildman–Crippen MR) is 71.2 cm³/mol. The molecule has 1 atom stereocenters. The molecule has 0 aromatic heterocycles. The summed E-state index contributed by atoms with van der Waals surface area (Å²) in [6, 6.07) is 3.66. The fourth-order valence-electron chi connectivity index (χ4n) is 1.80. The number of carbonyl (C=O) groups excluding carboxylic acids is 1. The van der Waals surface area contributed by atoms with E-state index in [1.54, 1.807) is 19.1 Å². The summed E-state index contributed by atoms with van der Waals surface area (Å²) >= 11 is 0. The Kier molecular flexibility index (Phi) is 4.92. The van der Waals surface area contributed by atoms with E-state index in [0.29, 0.717) is 12.0 Å². The number of nitrogens with one attached hydrogen (secondary N) is 1. The van der Waals surface area contributed by atoms with Crippen molar-refractivity contribution in [3.8, 4) is 5.75 Å². The molecule has 104 valence electrons. The lowest BCUT2D eigenvalue weighted by molar-refractivity contribution is -0.139. The van der Waals surface area contributed by atoms with Gasteiger partial charge in [-0.25, -0.2) is 4.79 Å². The third-order valence-electron chi connectivity index (χ3n) is 2.86. The molecule has 0 spiro atoms. The Morgan fingerprint density at radius 3 is 2.47 bits per heavy atom. The van der Waals surface area contributed by atoms with Crippen LogP contribution in [0.2, 0.25) is 0 Å². The first kappa shape index (κ1) is 15.0. The summed E-state index contributed by atoms with van der Waals surface area (Å²) in [6.07, 6.45) is 0.360. The minimum Gasteiger partial charge on any atom is -0.508 e. The van der Waals surface area contributed by atoms with E-state index >= 15 is 0 Å². The second-order valence-electron chi connectivity index (χ2n) is 4.94. The van der Waals surface area contributed by atoms with Crippen molar-refractivity contribution >= 4 is 11.9 Å². The number of aromatic hydroxyl groups is 1. The lowest BCUT2D eigenvalue weighted by Crippen LogP contribution is -2.41. The molecule has 0 fully saturated rings. The van der Waals surface area contributed by atoms with Crippen LogP contribution < -0.4 is 5.32 Å². The second kappa shape index (κ2) is 6.22. The fourth-order valence-corrected chi connectivity index (χ4v) is 1.80. The summed E-state index contributed by atoms with van der Waals surface area (Å²) in [5.74, 6) is -1.36. The average Bonchev–Trinajstić information content (AvgIpc) is 2.31. The fraction of sp³-hybridized carbons (Fsp3) is 0.429. The first-order valence-corrected chi connectivity index (χ1v) is 6.15. The summed E-state index contributed by atoms with van der Waals surface area (Å²) in [7, 11) is 0. The second-order valence-corrected chi connectivity index (χ2v) is 4.94. The molecule has 0 aliphatic heterocycles. The van der Waals surface area contributed by atoms with Crippen LogP contribution in [0.5, 0.6) is 5.75 Å². The number of hydrogen-bond donors (Lipinski definition) is 3. The van der Waals surface area contributed by atoms with E-state index in [4.69, 9.17) is 5.11 Å². The van der Waals surface area contributed by atoms with Crippen LogP contribution in [0.4, 0.5) is 0 Å². The van der Waals surface area contributed by atoms with Gasteiger partial charge in [-0.05, 0) is 31.4 Å². The van der Waals surface area contributed by atoms with Gasteiger partial charge in [0.15, 0.2) is 0 Å². The number of carboxylic acid groups (broad SMARTS) is 1. The molecule has 19 heavy (non-hydrogen) atoms.